The summed E-state index contributed by atoms with van der Waals surface area (Å²) in [5.74, 6) is -1.63. The molecule has 0 saturated heterocycles. The third kappa shape index (κ3) is 4.18. The van der Waals surface area contributed by atoms with Gasteiger partial charge in [0.15, 0.2) is 5.78 Å². The minimum atomic E-state index is -1.07. The van der Waals surface area contributed by atoms with E-state index in [1.165, 1.54) is 13.3 Å². The molecular weight excluding hydrogens is 298 g/mol. The molecule has 0 radical (unpaired) electrons. The number of carbonyl (C=O) groups is 3. The maximum atomic E-state index is 12.4. The lowest BCUT2D eigenvalue weighted by Gasteiger charge is -2.18. The van der Waals surface area contributed by atoms with E-state index in [4.69, 9.17) is 0 Å². The van der Waals surface area contributed by atoms with Gasteiger partial charge in [0, 0.05) is 23.8 Å². The van der Waals surface area contributed by atoms with E-state index >= 15 is 0 Å². The Hall–Kier alpha value is -2.63. The lowest BCUT2D eigenvalue weighted by molar-refractivity contribution is -0.142. The van der Waals surface area contributed by atoms with E-state index in [2.05, 4.69) is 10.1 Å². The van der Waals surface area contributed by atoms with Crippen LogP contribution in [0.4, 0.5) is 0 Å². The number of aryl methyl sites for hydroxylation is 1. The van der Waals surface area contributed by atoms with Crippen molar-refractivity contribution in [3.8, 4) is 0 Å². The molecule has 0 spiro atoms. The molecule has 6 nitrogen and oxygen atoms in total. The predicted octanol–water partition coefficient (Wildman–Crippen LogP) is 1.70. The zero-order chi connectivity index (χ0) is 16.8. The van der Waals surface area contributed by atoms with E-state index in [0.717, 1.165) is 12.0 Å². The van der Waals surface area contributed by atoms with Crippen LogP contribution in [0.3, 0.4) is 0 Å². The van der Waals surface area contributed by atoms with Crippen molar-refractivity contribution in [1.82, 2.24) is 5.32 Å². The van der Waals surface area contributed by atoms with Gasteiger partial charge in [-0.05, 0) is 24.8 Å². The Kier molecular flexibility index (Phi) is 5.51. The van der Waals surface area contributed by atoms with E-state index < -0.39 is 18.0 Å². The molecule has 0 aromatic heterocycles. The minimum absolute atomic E-state index is 0.000417. The average Bonchev–Trinajstić information content (AvgIpc) is 2.56. The van der Waals surface area contributed by atoms with Crippen molar-refractivity contribution in [2.24, 2.45) is 0 Å². The monoisotopic (exact) mass is 317 g/mol. The van der Waals surface area contributed by atoms with Gasteiger partial charge in [0.05, 0.1) is 7.11 Å². The Morgan fingerprint density at radius 3 is 2.78 bits per heavy atom. The molecule has 0 bridgehead atoms. The first-order valence-electron chi connectivity index (χ1n) is 7.40. The van der Waals surface area contributed by atoms with Crippen molar-refractivity contribution in [3.05, 3.63) is 47.2 Å². The third-order valence-electron chi connectivity index (χ3n) is 3.84. The fourth-order valence-corrected chi connectivity index (χ4v) is 2.50. The van der Waals surface area contributed by atoms with Crippen molar-refractivity contribution >= 4 is 17.7 Å². The fraction of sp³-hybridized carbons (Fsp3) is 0.353. The summed E-state index contributed by atoms with van der Waals surface area (Å²) in [6.07, 6.45) is 2.87. The molecule has 122 valence electrons. The molecule has 0 saturated carbocycles. The smallest absolute Gasteiger partial charge is 0.326 e. The maximum absolute atomic E-state index is 12.4. The molecule has 1 aromatic rings. The van der Waals surface area contributed by atoms with Gasteiger partial charge >= 0.3 is 11.9 Å². The van der Waals surface area contributed by atoms with Crippen LogP contribution in [0.25, 0.3) is 0 Å². The lowest BCUT2D eigenvalue weighted by Crippen LogP contribution is -2.34. The number of ether oxygens (including phenoxy) is 1. The number of esters is 1. The highest BCUT2D eigenvalue weighted by molar-refractivity contribution is 6.10. The number of ketones is 1. The molecule has 0 amide bonds. The maximum Gasteiger partial charge on any atom is 0.326 e. The quantitative estimate of drug-likeness (QED) is 0.613. The van der Waals surface area contributed by atoms with Crippen LogP contribution in [0.15, 0.2) is 36.0 Å². The van der Waals surface area contributed by atoms with Gasteiger partial charge in [-0.2, -0.15) is 0 Å². The zero-order valence-electron chi connectivity index (χ0n) is 12.9. The molecule has 2 rings (SSSR count). The van der Waals surface area contributed by atoms with Crippen LogP contribution in [0.5, 0.6) is 0 Å². The highest BCUT2D eigenvalue weighted by Gasteiger charge is 2.23. The number of carboxylic acids is 1. The van der Waals surface area contributed by atoms with Crippen LogP contribution in [0.1, 0.15) is 35.2 Å². The minimum Gasteiger partial charge on any atom is -0.480 e. The first-order chi connectivity index (χ1) is 11.0. The Bertz CT molecular complexity index is 650. The molecule has 2 N–H and O–H groups in total. The molecule has 1 aliphatic rings. The van der Waals surface area contributed by atoms with Crippen molar-refractivity contribution < 1.29 is 24.2 Å². The van der Waals surface area contributed by atoms with Crippen molar-refractivity contribution in [2.75, 3.05) is 7.11 Å². The summed E-state index contributed by atoms with van der Waals surface area (Å²) in [5, 5.41) is 11.9. The number of benzene rings is 1. The van der Waals surface area contributed by atoms with Gasteiger partial charge in [-0.15, -0.1) is 0 Å². The van der Waals surface area contributed by atoms with Crippen LogP contribution >= 0.6 is 0 Å². The molecule has 1 atom stereocenters. The highest BCUT2D eigenvalue weighted by Crippen LogP contribution is 2.24. The average molecular weight is 317 g/mol. The van der Waals surface area contributed by atoms with Crippen molar-refractivity contribution in [3.63, 3.8) is 0 Å². The third-order valence-corrected chi connectivity index (χ3v) is 3.84. The highest BCUT2D eigenvalue weighted by atomic mass is 16.5. The predicted molar refractivity (Wildman–Crippen MR) is 83.0 cm³/mol. The second-order valence-electron chi connectivity index (χ2n) is 5.33. The summed E-state index contributed by atoms with van der Waals surface area (Å²) in [5.41, 5.74) is 2.22. The van der Waals surface area contributed by atoms with E-state index in [9.17, 15) is 19.5 Å². The SMILES string of the molecule is COC(=O)CC[C@H](N/C=C1/CCc2ccccc2C1=O)C(=O)O. The van der Waals surface area contributed by atoms with Crippen LogP contribution in [-0.2, 0) is 20.7 Å². The number of hydrogen-bond acceptors (Lipinski definition) is 5. The molecule has 0 aliphatic heterocycles. The van der Waals surface area contributed by atoms with Gasteiger partial charge in [-0.1, -0.05) is 24.3 Å². The molecule has 0 heterocycles. The number of nitrogens with one attached hydrogen (secondary N) is 1. The van der Waals surface area contributed by atoms with Crippen LogP contribution in [0.2, 0.25) is 0 Å². The number of allylic oxidation sites excluding steroid dienone is 1. The first-order valence-corrected chi connectivity index (χ1v) is 7.40. The van der Waals surface area contributed by atoms with Gasteiger partial charge in [-0.25, -0.2) is 4.79 Å². The second kappa shape index (κ2) is 7.58. The molecule has 1 aliphatic carbocycles. The Morgan fingerprint density at radius 1 is 1.35 bits per heavy atom. The largest absolute Gasteiger partial charge is 0.480 e. The van der Waals surface area contributed by atoms with E-state index in [1.807, 2.05) is 18.2 Å². The Labute approximate surface area is 134 Å². The molecule has 0 unspecified atom stereocenters. The van der Waals surface area contributed by atoms with Gasteiger partial charge in [0.25, 0.3) is 0 Å². The standard InChI is InChI=1S/C17H19NO5/c1-23-15(19)9-8-14(17(21)22)18-10-12-7-6-11-4-2-3-5-13(11)16(12)20/h2-5,10,14,18H,6-9H2,1H3,(H,21,22)/b12-10-/t14-/m0/s1. The van der Waals surface area contributed by atoms with Gasteiger partial charge in [0.1, 0.15) is 6.04 Å². The summed E-state index contributed by atoms with van der Waals surface area (Å²) < 4.78 is 4.50. The number of hydrogen-bond donors (Lipinski definition) is 2. The summed E-state index contributed by atoms with van der Waals surface area (Å²) in [6, 6.07) is 6.46. The number of fused-ring (bicyclic) bond motifs is 1. The number of methoxy groups -OCH3 is 1. The summed E-state index contributed by atoms with van der Waals surface area (Å²) in [4.78, 5) is 34.7. The molecule has 0 fully saturated rings. The molecule has 6 heteroatoms. The van der Waals surface area contributed by atoms with Crippen molar-refractivity contribution in [2.45, 2.75) is 31.7 Å². The molecular formula is C17H19NO5. The van der Waals surface area contributed by atoms with Gasteiger partial charge in [0.2, 0.25) is 0 Å². The second-order valence-corrected chi connectivity index (χ2v) is 5.33. The number of Topliss-reactive ketones (excluding diaryl/α,β-unsaturated/α-hetero) is 1. The van der Waals surface area contributed by atoms with Gasteiger partial charge in [-0.3, -0.25) is 9.59 Å². The Morgan fingerprint density at radius 2 is 2.09 bits per heavy atom. The summed E-state index contributed by atoms with van der Waals surface area (Å²) in [6.45, 7) is 0. The number of aliphatic carboxylic acids is 1. The molecule has 23 heavy (non-hydrogen) atoms. The lowest BCUT2D eigenvalue weighted by atomic mass is 9.87. The summed E-state index contributed by atoms with van der Waals surface area (Å²) >= 11 is 0. The van der Waals surface area contributed by atoms with Crippen LogP contribution < -0.4 is 5.32 Å². The first kappa shape index (κ1) is 16.7. The topological polar surface area (TPSA) is 92.7 Å². The van der Waals surface area contributed by atoms with E-state index in [1.54, 1.807) is 6.07 Å². The fourth-order valence-electron chi connectivity index (χ4n) is 2.50. The number of rotatable bonds is 6. The van der Waals surface area contributed by atoms with E-state index in [0.29, 0.717) is 17.6 Å². The van der Waals surface area contributed by atoms with Crippen LogP contribution in [0, 0.1) is 0 Å². The number of carboxylic acid groups (broad SMARTS) is 1. The summed E-state index contributed by atoms with van der Waals surface area (Å²) in [7, 11) is 1.26. The van der Waals surface area contributed by atoms with Crippen LogP contribution in [-0.4, -0.2) is 36.0 Å². The van der Waals surface area contributed by atoms with E-state index in [-0.39, 0.29) is 18.6 Å². The molecule has 1 aromatic carbocycles. The normalized spacial score (nSPS) is 16.6. The van der Waals surface area contributed by atoms with Gasteiger partial charge < -0.3 is 15.2 Å². The van der Waals surface area contributed by atoms with Crippen molar-refractivity contribution in [1.29, 1.82) is 0 Å². The zero-order valence-corrected chi connectivity index (χ0v) is 12.9. The number of carbonyl (C=O) groups excluding carboxylic acids is 2. The Balaban J connectivity index is 2.04.